The van der Waals surface area contributed by atoms with Gasteiger partial charge in [-0.05, 0) is 43.8 Å². The first-order chi connectivity index (χ1) is 10.5. The molecule has 1 amide bonds. The number of carbonyl (C=O) groups is 1. The number of carbonyl (C=O) groups excluding carboxylic acids is 1. The average molecular weight is 321 g/mol. The molecule has 2 rings (SSSR count). The molecule has 0 radical (unpaired) electrons. The van der Waals surface area contributed by atoms with Crippen molar-refractivity contribution in [2.45, 2.75) is 19.9 Å². The van der Waals surface area contributed by atoms with Crippen LogP contribution in [0.25, 0.3) is 0 Å². The topological polar surface area (TPSA) is 82.6 Å². The fourth-order valence-corrected chi connectivity index (χ4v) is 2.63. The van der Waals surface area contributed by atoms with Crippen molar-refractivity contribution in [2.24, 2.45) is 0 Å². The number of likely N-dealkylation sites (N-methyl/N-ethyl adjacent to an activating group) is 1. The zero-order valence-electron chi connectivity index (χ0n) is 12.7. The van der Waals surface area contributed by atoms with Crippen LogP contribution in [0.15, 0.2) is 29.5 Å². The van der Waals surface area contributed by atoms with Crippen molar-refractivity contribution < 1.29 is 14.6 Å². The number of phenols is 1. The van der Waals surface area contributed by atoms with E-state index < -0.39 is 6.04 Å². The Morgan fingerprint density at radius 2 is 2.23 bits per heavy atom. The minimum atomic E-state index is -0.409. The third kappa shape index (κ3) is 3.14. The van der Waals surface area contributed by atoms with E-state index in [0.29, 0.717) is 28.7 Å². The molecule has 7 heteroatoms. The van der Waals surface area contributed by atoms with E-state index >= 15 is 0 Å². The number of thiocarbonyl (C=S) groups is 1. The maximum absolute atomic E-state index is 12.2. The highest BCUT2D eigenvalue weighted by Crippen LogP contribution is 2.33. The van der Waals surface area contributed by atoms with Gasteiger partial charge in [-0.15, -0.1) is 0 Å². The lowest BCUT2D eigenvalue weighted by molar-refractivity contribution is -0.117. The summed E-state index contributed by atoms with van der Waals surface area (Å²) in [5.74, 6) is 0.237. The molecule has 1 aliphatic rings. The number of nitrogens with one attached hydrogen (secondary N) is 3. The number of aromatic hydroxyl groups is 1. The number of hydrogen-bond donors (Lipinski definition) is 4. The quantitative estimate of drug-likeness (QED) is 0.626. The van der Waals surface area contributed by atoms with Crippen LogP contribution in [0.4, 0.5) is 0 Å². The summed E-state index contributed by atoms with van der Waals surface area (Å²) in [6, 6.07) is 4.58. The zero-order valence-corrected chi connectivity index (χ0v) is 13.5. The smallest absolute Gasteiger partial charge is 0.251 e. The summed E-state index contributed by atoms with van der Waals surface area (Å²) in [7, 11) is 1.58. The van der Waals surface area contributed by atoms with Gasteiger partial charge >= 0.3 is 0 Å². The minimum Gasteiger partial charge on any atom is -0.504 e. The Balaban J connectivity index is 2.48. The minimum absolute atomic E-state index is 0.0595. The van der Waals surface area contributed by atoms with Crippen LogP contribution < -0.4 is 20.7 Å². The van der Waals surface area contributed by atoms with E-state index in [0.717, 1.165) is 5.56 Å². The molecule has 1 aromatic carbocycles. The lowest BCUT2D eigenvalue weighted by atomic mass is 9.94. The molecule has 1 aromatic rings. The van der Waals surface area contributed by atoms with Crippen LogP contribution in [0.5, 0.6) is 11.5 Å². The SMILES string of the molecule is CCOc1cc(C2NC(=S)NC(C)=C2C(=O)NC)ccc1O. The average Bonchev–Trinajstić information content (AvgIpc) is 2.48. The Bertz CT molecular complexity index is 643. The number of benzene rings is 1. The zero-order chi connectivity index (χ0) is 16.3. The first-order valence-electron chi connectivity index (χ1n) is 6.94. The van der Waals surface area contributed by atoms with Gasteiger partial charge in [0.05, 0.1) is 18.2 Å². The summed E-state index contributed by atoms with van der Waals surface area (Å²) >= 11 is 5.18. The van der Waals surface area contributed by atoms with Crippen molar-refractivity contribution >= 4 is 23.2 Å². The van der Waals surface area contributed by atoms with Crippen molar-refractivity contribution in [3.63, 3.8) is 0 Å². The monoisotopic (exact) mass is 321 g/mol. The predicted octanol–water partition coefficient (Wildman–Crippen LogP) is 1.33. The maximum atomic E-state index is 12.2. The lowest BCUT2D eigenvalue weighted by Crippen LogP contribution is -2.46. The van der Waals surface area contributed by atoms with Gasteiger partial charge in [-0.2, -0.15) is 0 Å². The van der Waals surface area contributed by atoms with Gasteiger partial charge in [-0.25, -0.2) is 0 Å². The molecule has 0 saturated carbocycles. The summed E-state index contributed by atoms with van der Waals surface area (Å²) < 4.78 is 5.40. The van der Waals surface area contributed by atoms with Crippen LogP contribution in [0.1, 0.15) is 25.5 Å². The van der Waals surface area contributed by atoms with Crippen molar-refractivity contribution in [1.82, 2.24) is 16.0 Å². The lowest BCUT2D eigenvalue weighted by Gasteiger charge is -2.30. The van der Waals surface area contributed by atoms with E-state index in [-0.39, 0.29) is 11.7 Å². The maximum Gasteiger partial charge on any atom is 0.251 e. The predicted molar refractivity (Wildman–Crippen MR) is 87.7 cm³/mol. The third-order valence-corrected chi connectivity index (χ3v) is 3.58. The molecule has 0 spiro atoms. The van der Waals surface area contributed by atoms with Gasteiger partial charge in [0.1, 0.15) is 0 Å². The van der Waals surface area contributed by atoms with Crippen LogP contribution >= 0.6 is 12.2 Å². The molecule has 0 bridgehead atoms. The molecule has 6 nitrogen and oxygen atoms in total. The molecule has 22 heavy (non-hydrogen) atoms. The largest absolute Gasteiger partial charge is 0.504 e. The van der Waals surface area contributed by atoms with Gasteiger partial charge in [0.15, 0.2) is 16.6 Å². The molecule has 4 N–H and O–H groups in total. The van der Waals surface area contributed by atoms with Gasteiger partial charge < -0.3 is 25.8 Å². The Labute approximate surface area is 134 Å². The van der Waals surface area contributed by atoms with Crippen LogP contribution in [-0.2, 0) is 4.79 Å². The van der Waals surface area contributed by atoms with Crippen molar-refractivity contribution in [3.8, 4) is 11.5 Å². The molecule has 1 atom stereocenters. The van der Waals surface area contributed by atoms with E-state index in [2.05, 4.69) is 16.0 Å². The standard InChI is InChI=1S/C15H19N3O3S/c1-4-21-11-7-9(5-6-10(11)19)13-12(14(20)16-3)8(2)17-15(22)18-13/h5-7,13,19H,4H2,1-3H3,(H,16,20)(H2,17,18,22). The summed E-state index contributed by atoms with van der Waals surface area (Å²) in [5, 5.41) is 18.9. The summed E-state index contributed by atoms with van der Waals surface area (Å²) in [5.41, 5.74) is 2.02. The second-order valence-corrected chi connectivity index (χ2v) is 5.22. The second-order valence-electron chi connectivity index (χ2n) is 4.81. The number of rotatable bonds is 4. The van der Waals surface area contributed by atoms with Crippen LogP contribution in [-0.4, -0.2) is 29.8 Å². The Kier molecular flexibility index (Phi) is 4.87. The van der Waals surface area contributed by atoms with Crippen molar-refractivity contribution in [3.05, 3.63) is 35.0 Å². The van der Waals surface area contributed by atoms with E-state index in [4.69, 9.17) is 17.0 Å². The highest BCUT2D eigenvalue weighted by Gasteiger charge is 2.29. The molecule has 0 saturated heterocycles. The van der Waals surface area contributed by atoms with E-state index in [1.165, 1.54) is 0 Å². The van der Waals surface area contributed by atoms with E-state index in [1.54, 1.807) is 32.2 Å². The van der Waals surface area contributed by atoms with Crippen LogP contribution in [0.3, 0.4) is 0 Å². The fourth-order valence-electron chi connectivity index (χ4n) is 2.36. The molecular formula is C15H19N3O3S. The van der Waals surface area contributed by atoms with Crippen molar-refractivity contribution in [1.29, 1.82) is 0 Å². The summed E-state index contributed by atoms with van der Waals surface area (Å²) in [6.45, 7) is 4.07. The first kappa shape index (κ1) is 16.1. The number of phenolic OH excluding ortho intramolecular Hbond substituents is 1. The Hall–Kier alpha value is -2.28. The summed E-state index contributed by atoms with van der Waals surface area (Å²) in [4.78, 5) is 12.2. The van der Waals surface area contributed by atoms with Gasteiger partial charge in [0.25, 0.3) is 5.91 Å². The molecule has 118 valence electrons. The Morgan fingerprint density at radius 3 is 2.86 bits per heavy atom. The van der Waals surface area contributed by atoms with Gasteiger partial charge in [0, 0.05) is 12.7 Å². The van der Waals surface area contributed by atoms with Crippen LogP contribution in [0.2, 0.25) is 0 Å². The van der Waals surface area contributed by atoms with Gasteiger partial charge in [-0.1, -0.05) is 6.07 Å². The van der Waals surface area contributed by atoms with Crippen LogP contribution in [0, 0.1) is 0 Å². The van der Waals surface area contributed by atoms with Crippen molar-refractivity contribution in [2.75, 3.05) is 13.7 Å². The Morgan fingerprint density at radius 1 is 1.50 bits per heavy atom. The van der Waals surface area contributed by atoms with E-state index in [9.17, 15) is 9.90 Å². The number of allylic oxidation sites excluding steroid dienone is 1. The highest BCUT2D eigenvalue weighted by molar-refractivity contribution is 7.80. The number of amides is 1. The molecule has 0 aliphatic carbocycles. The van der Waals surface area contributed by atoms with Gasteiger partial charge in [-0.3, -0.25) is 4.79 Å². The molecule has 0 aromatic heterocycles. The molecule has 0 fully saturated rings. The molecule has 1 aliphatic heterocycles. The van der Waals surface area contributed by atoms with Gasteiger partial charge in [0.2, 0.25) is 0 Å². The molecule has 1 unspecified atom stereocenters. The normalized spacial score (nSPS) is 17.6. The second kappa shape index (κ2) is 6.65. The highest BCUT2D eigenvalue weighted by atomic mass is 32.1. The summed E-state index contributed by atoms with van der Waals surface area (Å²) in [6.07, 6.45) is 0. The molecule has 1 heterocycles. The molecular weight excluding hydrogens is 302 g/mol. The fraction of sp³-hybridized carbons (Fsp3) is 0.333. The number of ether oxygens (including phenoxy) is 1. The number of hydrogen-bond acceptors (Lipinski definition) is 4. The van der Waals surface area contributed by atoms with E-state index in [1.807, 2.05) is 6.92 Å². The third-order valence-electron chi connectivity index (χ3n) is 3.36. The first-order valence-corrected chi connectivity index (χ1v) is 7.34.